The lowest BCUT2D eigenvalue weighted by Crippen LogP contribution is -2.45. The standard InChI is InChI=1S/C14H16ClF3N2.ClH/c1-2-13(20-7-5-19-6-8-20)11-4-3-10(15)9-12(11)14(16,17)18;/h2-4,9,13,19H,1,5-8H2;1H/t13-;/m1./s1. The van der Waals surface area contributed by atoms with Gasteiger partial charge in [-0.2, -0.15) is 13.2 Å². The van der Waals surface area contributed by atoms with E-state index < -0.39 is 17.8 Å². The van der Waals surface area contributed by atoms with Gasteiger partial charge in [-0.25, -0.2) is 0 Å². The molecule has 0 aromatic heterocycles. The fourth-order valence-electron chi connectivity index (χ4n) is 2.46. The van der Waals surface area contributed by atoms with Crippen LogP contribution in [0.1, 0.15) is 17.2 Å². The van der Waals surface area contributed by atoms with Gasteiger partial charge in [0.1, 0.15) is 0 Å². The molecule has 1 aliphatic rings. The monoisotopic (exact) mass is 340 g/mol. The first-order valence-corrected chi connectivity index (χ1v) is 6.75. The van der Waals surface area contributed by atoms with Crippen molar-refractivity contribution in [1.82, 2.24) is 10.2 Å². The summed E-state index contributed by atoms with van der Waals surface area (Å²) in [5.41, 5.74) is -0.479. The summed E-state index contributed by atoms with van der Waals surface area (Å²) in [6.45, 7) is 6.60. The molecule has 1 aliphatic heterocycles. The number of nitrogens with zero attached hydrogens (tertiary/aromatic N) is 1. The fraction of sp³-hybridized carbons (Fsp3) is 0.429. The molecule has 0 unspecified atom stereocenters. The molecule has 1 heterocycles. The van der Waals surface area contributed by atoms with Crippen LogP contribution in [0.3, 0.4) is 0 Å². The maximum absolute atomic E-state index is 13.2. The van der Waals surface area contributed by atoms with Crippen LogP contribution in [0.2, 0.25) is 5.02 Å². The highest BCUT2D eigenvalue weighted by atomic mass is 35.5. The van der Waals surface area contributed by atoms with Crippen molar-refractivity contribution >= 4 is 24.0 Å². The van der Waals surface area contributed by atoms with Crippen LogP contribution in [0, 0.1) is 0 Å². The van der Waals surface area contributed by atoms with Gasteiger partial charge >= 0.3 is 6.18 Å². The first kappa shape index (κ1) is 18.3. The molecule has 1 N–H and O–H groups in total. The highest BCUT2D eigenvalue weighted by molar-refractivity contribution is 6.30. The summed E-state index contributed by atoms with van der Waals surface area (Å²) < 4.78 is 39.5. The average molecular weight is 341 g/mol. The van der Waals surface area contributed by atoms with E-state index in [0.29, 0.717) is 13.1 Å². The van der Waals surface area contributed by atoms with Crippen LogP contribution < -0.4 is 5.32 Å². The summed E-state index contributed by atoms with van der Waals surface area (Å²) in [6, 6.07) is 3.46. The SMILES string of the molecule is C=C[C@H](c1ccc(Cl)cc1C(F)(F)F)N1CCNCC1.Cl. The Morgan fingerprint density at radius 2 is 1.90 bits per heavy atom. The van der Waals surface area contributed by atoms with Gasteiger partial charge in [-0.05, 0) is 17.7 Å². The molecular weight excluding hydrogens is 324 g/mol. The summed E-state index contributed by atoms with van der Waals surface area (Å²) in [6.07, 6.45) is -2.86. The molecule has 1 aromatic rings. The molecule has 2 rings (SSSR count). The van der Waals surface area contributed by atoms with Gasteiger partial charge in [-0.3, -0.25) is 4.90 Å². The van der Waals surface area contributed by atoms with E-state index in [9.17, 15) is 13.2 Å². The molecule has 118 valence electrons. The Morgan fingerprint density at radius 1 is 1.29 bits per heavy atom. The number of alkyl halides is 3. The van der Waals surface area contributed by atoms with Crippen molar-refractivity contribution in [3.05, 3.63) is 47.0 Å². The minimum absolute atomic E-state index is 0. The Bertz CT molecular complexity index is 486. The quantitative estimate of drug-likeness (QED) is 0.839. The largest absolute Gasteiger partial charge is 0.416 e. The number of rotatable bonds is 3. The predicted octanol–water partition coefficient (Wildman–Crippen LogP) is 3.91. The molecule has 21 heavy (non-hydrogen) atoms. The van der Waals surface area contributed by atoms with Crippen molar-refractivity contribution in [2.24, 2.45) is 0 Å². The van der Waals surface area contributed by atoms with Crippen LogP contribution in [0.15, 0.2) is 30.9 Å². The number of benzene rings is 1. The molecule has 1 fully saturated rings. The van der Waals surface area contributed by atoms with E-state index in [-0.39, 0.29) is 23.0 Å². The van der Waals surface area contributed by atoms with Crippen LogP contribution >= 0.6 is 24.0 Å². The van der Waals surface area contributed by atoms with Gasteiger partial charge in [-0.15, -0.1) is 19.0 Å². The van der Waals surface area contributed by atoms with Gasteiger partial charge in [0.25, 0.3) is 0 Å². The lowest BCUT2D eigenvalue weighted by atomic mass is 9.98. The summed E-state index contributed by atoms with van der Waals surface area (Å²) in [4.78, 5) is 1.99. The number of hydrogen-bond acceptors (Lipinski definition) is 2. The molecule has 1 aromatic carbocycles. The lowest BCUT2D eigenvalue weighted by Gasteiger charge is -2.34. The summed E-state index contributed by atoms with van der Waals surface area (Å²) >= 11 is 5.71. The average Bonchev–Trinajstić information content (AvgIpc) is 2.41. The van der Waals surface area contributed by atoms with Gasteiger partial charge in [0.15, 0.2) is 0 Å². The molecule has 7 heteroatoms. The molecule has 0 saturated carbocycles. The van der Waals surface area contributed by atoms with Gasteiger partial charge in [0.2, 0.25) is 0 Å². The van der Waals surface area contributed by atoms with E-state index in [0.717, 1.165) is 19.2 Å². The van der Waals surface area contributed by atoms with Crippen molar-refractivity contribution < 1.29 is 13.2 Å². The number of hydrogen-bond donors (Lipinski definition) is 1. The molecule has 0 amide bonds. The first-order chi connectivity index (χ1) is 9.43. The van der Waals surface area contributed by atoms with Crippen molar-refractivity contribution in [3.63, 3.8) is 0 Å². The topological polar surface area (TPSA) is 15.3 Å². The summed E-state index contributed by atoms with van der Waals surface area (Å²) in [7, 11) is 0. The molecule has 0 radical (unpaired) electrons. The van der Waals surface area contributed by atoms with E-state index in [4.69, 9.17) is 11.6 Å². The second-order valence-electron chi connectivity index (χ2n) is 4.70. The Balaban J connectivity index is 0.00000220. The summed E-state index contributed by atoms with van der Waals surface area (Å²) in [5, 5.41) is 3.27. The van der Waals surface area contributed by atoms with Gasteiger partial charge in [0, 0.05) is 31.2 Å². The number of nitrogens with one attached hydrogen (secondary N) is 1. The molecule has 1 atom stereocenters. The Morgan fingerprint density at radius 3 is 2.43 bits per heavy atom. The number of piperazine rings is 1. The normalized spacial score (nSPS) is 17.9. The Hall–Kier alpha value is -0.750. The van der Waals surface area contributed by atoms with Crippen LogP contribution in [0.25, 0.3) is 0 Å². The third-order valence-corrected chi connectivity index (χ3v) is 3.64. The van der Waals surface area contributed by atoms with Crippen LogP contribution in [-0.2, 0) is 6.18 Å². The second kappa shape index (κ2) is 7.49. The fourth-order valence-corrected chi connectivity index (χ4v) is 2.64. The second-order valence-corrected chi connectivity index (χ2v) is 5.13. The minimum atomic E-state index is -4.42. The van der Waals surface area contributed by atoms with Crippen LogP contribution in [0.4, 0.5) is 13.2 Å². The zero-order valence-corrected chi connectivity index (χ0v) is 12.9. The maximum atomic E-state index is 13.2. The van der Waals surface area contributed by atoms with E-state index in [2.05, 4.69) is 11.9 Å². The van der Waals surface area contributed by atoms with E-state index in [1.54, 1.807) is 6.08 Å². The number of halogens is 5. The van der Waals surface area contributed by atoms with Crippen LogP contribution in [0.5, 0.6) is 0 Å². The molecule has 0 bridgehead atoms. The Kier molecular flexibility index (Phi) is 6.53. The Labute approximate surface area is 133 Å². The third-order valence-electron chi connectivity index (χ3n) is 3.41. The van der Waals surface area contributed by atoms with Gasteiger partial charge in [-0.1, -0.05) is 23.7 Å². The highest BCUT2D eigenvalue weighted by Crippen LogP contribution is 2.38. The molecule has 0 aliphatic carbocycles. The molecule has 2 nitrogen and oxygen atoms in total. The van der Waals surface area contributed by atoms with Crippen molar-refractivity contribution in [2.75, 3.05) is 26.2 Å². The minimum Gasteiger partial charge on any atom is -0.314 e. The van der Waals surface area contributed by atoms with E-state index >= 15 is 0 Å². The smallest absolute Gasteiger partial charge is 0.314 e. The maximum Gasteiger partial charge on any atom is 0.416 e. The van der Waals surface area contributed by atoms with Gasteiger partial charge in [0.05, 0.1) is 11.6 Å². The van der Waals surface area contributed by atoms with E-state index in [1.807, 2.05) is 4.90 Å². The molecular formula is C14H17Cl2F3N2. The molecule has 0 spiro atoms. The lowest BCUT2D eigenvalue weighted by molar-refractivity contribution is -0.138. The van der Waals surface area contributed by atoms with Crippen molar-refractivity contribution in [1.29, 1.82) is 0 Å². The summed E-state index contributed by atoms with van der Waals surface area (Å²) in [5.74, 6) is 0. The van der Waals surface area contributed by atoms with E-state index in [1.165, 1.54) is 12.1 Å². The van der Waals surface area contributed by atoms with Crippen LogP contribution in [-0.4, -0.2) is 31.1 Å². The highest BCUT2D eigenvalue weighted by Gasteiger charge is 2.36. The molecule has 1 saturated heterocycles. The van der Waals surface area contributed by atoms with Crippen molar-refractivity contribution in [3.8, 4) is 0 Å². The third kappa shape index (κ3) is 4.36. The van der Waals surface area contributed by atoms with Gasteiger partial charge < -0.3 is 5.32 Å². The zero-order chi connectivity index (χ0) is 14.8. The first-order valence-electron chi connectivity index (χ1n) is 6.37. The zero-order valence-electron chi connectivity index (χ0n) is 11.3. The predicted molar refractivity (Wildman–Crippen MR) is 81.1 cm³/mol. The van der Waals surface area contributed by atoms with Crippen molar-refractivity contribution in [2.45, 2.75) is 12.2 Å².